The summed E-state index contributed by atoms with van der Waals surface area (Å²) in [6.07, 6.45) is 3.84. The second kappa shape index (κ2) is 5.52. The summed E-state index contributed by atoms with van der Waals surface area (Å²) in [6.45, 7) is 3.72. The fourth-order valence-electron chi connectivity index (χ4n) is 2.57. The van der Waals surface area contributed by atoms with Crippen LogP contribution >= 0.6 is 33.9 Å². The molecule has 1 aliphatic heterocycles. The number of fused-ring (bicyclic) bond motifs is 1. The summed E-state index contributed by atoms with van der Waals surface area (Å²) in [5, 5.41) is 2.33. The number of thiophene rings is 1. The van der Waals surface area contributed by atoms with Gasteiger partial charge in [0.05, 0.1) is 16.1 Å². The van der Waals surface area contributed by atoms with Crippen molar-refractivity contribution < 1.29 is 4.74 Å². The highest BCUT2D eigenvalue weighted by Gasteiger charge is 2.24. The van der Waals surface area contributed by atoms with Crippen LogP contribution in [0.3, 0.4) is 0 Å². The molecule has 1 aromatic heterocycles. The van der Waals surface area contributed by atoms with Gasteiger partial charge in [-0.15, -0.1) is 11.3 Å². The molecule has 3 rings (SSSR count). The van der Waals surface area contributed by atoms with Gasteiger partial charge in [-0.3, -0.25) is 0 Å². The van der Waals surface area contributed by atoms with Crippen LogP contribution in [-0.2, 0) is 11.2 Å². The number of nitrogens with zero attached hydrogens (tertiary/aromatic N) is 1. The van der Waals surface area contributed by atoms with Gasteiger partial charge in [0.2, 0.25) is 0 Å². The minimum absolute atomic E-state index is 0.525. The van der Waals surface area contributed by atoms with Gasteiger partial charge in [-0.2, -0.15) is 0 Å². The van der Waals surface area contributed by atoms with Gasteiger partial charge in [0, 0.05) is 24.0 Å². The maximum absolute atomic E-state index is 5.38. The molecule has 1 aliphatic carbocycles. The Hall–Kier alpha value is 0.310. The molecular formula is C12H17IN2OS. The number of aryl methyl sites for hydroxylation is 1. The van der Waals surface area contributed by atoms with Gasteiger partial charge in [-0.25, -0.2) is 10.4 Å². The molecule has 0 bridgehead atoms. The molecule has 0 aromatic carbocycles. The van der Waals surface area contributed by atoms with E-state index in [9.17, 15) is 0 Å². The number of morpholine rings is 1. The lowest BCUT2D eigenvalue weighted by Gasteiger charge is -2.33. The molecule has 1 N–H and O–H groups in total. The molecule has 5 heteroatoms. The van der Waals surface area contributed by atoms with E-state index in [1.54, 1.807) is 4.88 Å². The highest BCUT2D eigenvalue weighted by Crippen LogP contribution is 2.36. The van der Waals surface area contributed by atoms with Gasteiger partial charge in [-0.1, -0.05) is 0 Å². The lowest BCUT2D eigenvalue weighted by Crippen LogP contribution is -2.47. The largest absolute Gasteiger partial charge is 0.379 e. The Morgan fingerprint density at radius 1 is 1.41 bits per heavy atom. The zero-order valence-corrected chi connectivity index (χ0v) is 12.7. The first-order chi connectivity index (χ1) is 8.33. The predicted molar refractivity (Wildman–Crippen MR) is 78.2 cm³/mol. The minimum atomic E-state index is 0.525. The van der Waals surface area contributed by atoms with Crippen LogP contribution in [0.15, 0.2) is 6.07 Å². The third-order valence-electron chi connectivity index (χ3n) is 3.43. The standard InChI is InChI=1S/C12H17IN2OS/c13-12-8-9-10(2-1-3-11(9)17-12)14-15-4-6-16-7-5-15/h8,10,14H,1-7H2. The molecule has 1 aromatic rings. The van der Waals surface area contributed by atoms with E-state index in [-0.39, 0.29) is 0 Å². The summed E-state index contributed by atoms with van der Waals surface area (Å²) in [6, 6.07) is 2.88. The summed E-state index contributed by atoms with van der Waals surface area (Å²) in [5.74, 6) is 0. The Balaban J connectivity index is 1.71. The van der Waals surface area contributed by atoms with Crippen molar-refractivity contribution in [2.75, 3.05) is 26.3 Å². The number of rotatable bonds is 2. The average Bonchev–Trinajstić information content (AvgIpc) is 2.72. The molecule has 17 heavy (non-hydrogen) atoms. The zero-order chi connectivity index (χ0) is 11.7. The Kier molecular flexibility index (Phi) is 4.01. The highest BCUT2D eigenvalue weighted by molar-refractivity contribution is 14.1. The number of halogens is 1. The molecule has 2 aliphatic rings. The van der Waals surface area contributed by atoms with Crippen LogP contribution in [0.25, 0.3) is 0 Å². The van der Waals surface area contributed by atoms with Gasteiger partial charge in [0.15, 0.2) is 0 Å². The van der Waals surface area contributed by atoms with E-state index >= 15 is 0 Å². The predicted octanol–water partition coefficient (Wildman–Crippen LogP) is 2.57. The maximum atomic E-state index is 5.38. The van der Waals surface area contributed by atoms with Crippen molar-refractivity contribution in [2.45, 2.75) is 25.3 Å². The Bertz CT molecular complexity index is 390. The Morgan fingerprint density at radius 2 is 2.24 bits per heavy atom. The monoisotopic (exact) mass is 364 g/mol. The fourth-order valence-corrected chi connectivity index (χ4v) is 4.69. The van der Waals surface area contributed by atoms with Gasteiger partial charge < -0.3 is 4.74 Å². The molecule has 2 heterocycles. The van der Waals surface area contributed by atoms with Gasteiger partial charge in [0.25, 0.3) is 0 Å². The molecule has 94 valence electrons. The molecule has 1 fully saturated rings. The summed E-state index contributed by atoms with van der Waals surface area (Å²) in [7, 11) is 0. The molecule has 3 nitrogen and oxygen atoms in total. The number of hydrogen-bond donors (Lipinski definition) is 1. The summed E-state index contributed by atoms with van der Waals surface area (Å²) < 4.78 is 6.80. The Morgan fingerprint density at radius 3 is 3.06 bits per heavy atom. The second-order valence-electron chi connectivity index (χ2n) is 4.60. The van der Waals surface area contributed by atoms with Crippen LogP contribution < -0.4 is 5.43 Å². The van der Waals surface area contributed by atoms with Crippen LogP contribution in [0.4, 0.5) is 0 Å². The molecule has 1 saturated heterocycles. The van der Waals surface area contributed by atoms with Crippen molar-refractivity contribution in [3.63, 3.8) is 0 Å². The normalized spacial score (nSPS) is 25.8. The molecule has 0 spiro atoms. The first-order valence-corrected chi connectivity index (χ1v) is 8.09. The van der Waals surface area contributed by atoms with Gasteiger partial charge >= 0.3 is 0 Å². The molecule has 0 amide bonds. The maximum Gasteiger partial charge on any atom is 0.0659 e. The minimum Gasteiger partial charge on any atom is -0.379 e. The van der Waals surface area contributed by atoms with Crippen LogP contribution in [0.1, 0.15) is 29.3 Å². The fraction of sp³-hybridized carbons (Fsp3) is 0.667. The van der Waals surface area contributed by atoms with Crippen LogP contribution in [0.5, 0.6) is 0 Å². The van der Waals surface area contributed by atoms with Crippen LogP contribution in [0, 0.1) is 2.88 Å². The van der Waals surface area contributed by atoms with E-state index in [0.29, 0.717) is 6.04 Å². The number of hydrogen-bond acceptors (Lipinski definition) is 4. The van der Waals surface area contributed by atoms with E-state index in [1.165, 1.54) is 27.7 Å². The smallest absolute Gasteiger partial charge is 0.0659 e. The average molecular weight is 364 g/mol. The SMILES string of the molecule is Ic1cc2c(s1)CCCC2NN1CCOCC1. The molecular weight excluding hydrogens is 347 g/mol. The van der Waals surface area contributed by atoms with Gasteiger partial charge in [0.1, 0.15) is 0 Å². The lowest BCUT2D eigenvalue weighted by atomic mass is 9.94. The first kappa shape index (κ1) is 12.3. The van der Waals surface area contributed by atoms with Crippen molar-refractivity contribution in [3.8, 4) is 0 Å². The summed E-state index contributed by atoms with van der Waals surface area (Å²) in [5.41, 5.74) is 5.22. The lowest BCUT2D eigenvalue weighted by molar-refractivity contribution is 0.00195. The van der Waals surface area contributed by atoms with Gasteiger partial charge in [-0.05, 0) is 53.5 Å². The van der Waals surface area contributed by atoms with E-state index in [0.717, 1.165) is 26.3 Å². The summed E-state index contributed by atoms with van der Waals surface area (Å²) in [4.78, 5) is 1.59. The third kappa shape index (κ3) is 2.84. The van der Waals surface area contributed by atoms with Crippen molar-refractivity contribution in [2.24, 2.45) is 0 Å². The van der Waals surface area contributed by atoms with Crippen LogP contribution in [0.2, 0.25) is 0 Å². The third-order valence-corrected chi connectivity index (χ3v) is 5.40. The number of nitrogens with one attached hydrogen (secondary N) is 1. The quantitative estimate of drug-likeness (QED) is 0.817. The number of hydrazine groups is 1. The van der Waals surface area contributed by atoms with E-state index in [4.69, 9.17) is 4.74 Å². The molecule has 0 saturated carbocycles. The first-order valence-electron chi connectivity index (χ1n) is 6.20. The summed E-state index contributed by atoms with van der Waals surface area (Å²) >= 11 is 4.40. The van der Waals surface area contributed by atoms with Crippen molar-refractivity contribution >= 4 is 33.9 Å². The second-order valence-corrected chi connectivity index (χ2v) is 7.63. The number of ether oxygens (including phenoxy) is 1. The molecule has 1 unspecified atom stereocenters. The highest BCUT2D eigenvalue weighted by atomic mass is 127. The van der Waals surface area contributed by atoms with Crippen molar-refractivity contribution in [1.82, 2.24) is 10.4 Å². The van der Waals surface area contributed by atoms with E-state index in [1.807, 2.05) is 11.3 Å². The molecule has 1 atom stereocenters. The topological polar surface area (TPSA) is 24.5 Å². The van der Waals surface area contributed by atoms with E-state index in [2.05, 4.69) is 39.1 Å². The Labute approximate surface area is 120 Å². The van der Waals surface area contributed by atoms with Crippen molar-refractivity contribution in [3.05, 3.63) is 19.4 Å². The molecule has 0 radical (unpaired) electrons. The van der Waals surface area contributed by atoms with Crippen LogP contribution in [-0.4, -0.2) is 31.3 Å². The zero-order valence-electron chi connectivity index (χ0n) is 9.75. The van der Waals surface area contributed by atoms with Crippen molar-refractivity contribution in [1.29, 1.82) is 0 Å². The van der Waals surface area contributed by atoms with E-state index < -0.39 is 0 Å².